The van der Waals surface area contributed by atoms with E-state index < -0.39 is 0 Å². The van der Waals surface area contributed by atoms with Crippen molar-refractivity contribution in [1.29, 1.82) is 0 Å². The van der Waals surface area contributed by atoms with Crippen molar-refractivity contribution >= 4 is 17.2 Å². The Hall–Kier alpha value is -2.74. The highest BCUT2D eigenvalue weighted by molar-refractivity contribution is 7.13. The van der Waals surface area contributed by atoms with Gasteiger partial charge in [-0.3, -0.25) is 4.79 Å². The van der Waals surface area contributed by atoms with Crippen LogP contribution in [0.4, 0.5) is 0 Å². The van der Waals surface area contributed by atoms with Crippen LogP contribution in [-0.4, -0.2) is 33.2 Å². The Balaban J connectivity index is 1.53. The maximum atomic E-state index is 11.9. The molecule has 0 radical (unpaired) electrons. The molecule has 0 unspecified atom stereocenters. The monoisotopic (exact) mass is 329 g/mol. The van der Waals surface area contributed by atoms with Crippen LogP contribution >= 0.6 is 11.3 Å². The van der Waals surface area contributed by atoms with Gasteiger partial charge < -0.3 is 10.1 Å². The second kappa shape index (κ2) is 7.01. The largest absolute Gasteiger partial charge is 0.497 e. The number of benzene rings is 1. The number of rotatable bonds is 6. The van der Waals surface area contributed by atoms with E-state index in [4.69, 9.17) is 4.74 Å². The Morgan fingerprint density at radius 3 is 2.83 bits per heavy atom. The molecule has 3 aromatic rings. The number of amides is 1. The van der Waals surface area contributed by atoms with Gasteiger partial charge in [0.15, 0.2) is 0 Å². The number of carbonyl (C=O) groups is 1. The quantitative estimate of drug-likeness (QED) is 0.745. The predicted molar refractivity (Wildman–Crippen MR) is 86.0 cm³/mol. The average Bonchev–Trinajstić information content (AvgIpc) is 3.24. The van der Waals surface area contributed by atoms with Crippen LogP contribution in [-0.2, 0) is 17.9 Å². The van der Waals surface area contributed by atoms with Crippen molar-refractivity contribution in [3.63, 3.8) is 0 Å². The molecule has 2 heterocycles. The van der Waals surface area contributed by atoms with Crippen molar-refractivity contribution in [2.24, 2.45) is 0 Å². The van der Waals surface area contributed by atoms with Crippen LogP contribution in [0.3, 0.4) is 0 Å². The molecule has 1 amide bonds. The standard InChI is InChI=1S/C15H15N5O2S/c1-22-12-6-4-11(5-7-12)9-16-14(21)10-20-18-15(17-19-20)13-3-2-8-23-13/h2-8H,9-10H2,1H3,(H,16,21). The zero-order chi connectivity index (χ0) is 16.1. The van der Waals surface area contributed by atoms with E-state index in [9.17, 15) is 4.79 Å². The van der Waals surface area contributed by atoms with E-state index in [1.807, 2.05) is 41.8 Å². The van der Waals surface area contributed by atoms with Crippen molar-refractivity contribution in [3.05, 3.63) is 47.3 Å². The van der Waals surface area contributed by atoms with Gasteiger partial charge in [-0.25, -0.2) is 0 Å². The number of thiophene rings is 1. The molecule has 0 aliphatic rings. The third-order valence-corrected chi connectivity index (χ3v) is 3.99. The summed E-state index contributed by atoms with van der Waals surface area (Å²) in [6, 6.07) is 11.4. The van der Waals surface area contributed by atoms with E-state index in [1.54, 1.807) is 7.11 Å². The summed E-state index contributed by atoms with van der Waals surface area (Å²) >= 11 is 1.53. The minimum absolute atomic E-state index is 0.0362. The molecule has 0 aliphatic heterocycles. The van der Waals surface area contributed by atoms with Crippen LogP contribution in [0.1, 0.15) is 5.56 Å². The van der Waals surface area contributed by atoms with E-state index in [0.29, 0.717) is 12.4 Å². The number of carbonyl (C=O) groups excluding carboxylic acids is 1. The SMILES string of the molecule is COc1ccc(CNC(=O)Cn2nnc(-c3cccs3)n2)cc1. The molecule has 3 rings (SSSR count). The summed E-state index contributed by atoms with van der Waals surface area (Å²) in [6.07, 6.45) is 0. The van der Waals surface area contributed by atoms with Crippen molar-refractivity contribution in [2.45, 2.75) is 13.1 Å². The van der Waals surface area contributed by atoms with Crippen LogP contribution in [0.2, 0.25) is 0 Å². The van der Waals surface area contributed by atoms with Gasteiger partial charge in [-0.15, -0.1) is 21.5 Å². The molecule has 0 atom stereocenters. The summed E-state index contributed by atoms with van der Waals surface area (Å²) in [7, 11) is 1.62. The molecule has 0 aliphatic carbocycles. The molecule has 0 spiro atoms. The lowest BCUT2D eigenvalue weighted by molar-refractivity contribution is -0.122. The minimum Gasteiger partial charge on any atom is -0.497 e. The molecule has 2 aromatic heterocycles. The van der Waals surface area contributed by atoms with Gasteiger partial charge in [-0.1, -0.05) is 18.2 Å². The summed E-state index contributed by atoms with van der Waals surface area (Å²) in [4.78, 5) is 14.2. The van der Waals surface area contributed by atoms with E-state index in [0.717, 1.165) is 16.2 Å². The number of aromatic nitrogens is 4. The van der Waals surface area contributed by atoms with Gasteiger partial charge in [-0.05, 0) is 34.4 Å². The molecule has 0 saturated carbocycles. The van der Waals surface area contributed by atoms with Gasteiger partial charge >= 0.3 is 0 Å². The number of hydrogen-bond acceptors (Lipinski definition) is 6. The number of hydrogen-bond donors (Lipinski definition) is 1. The molecule has 0 bridgehead atoms. The number of tetrazole rings is 1. The van der Waals surface area contributed by atoms with Crippen molar-refractivity contribution in [1.82, 2.24) is 25.5 Å². The second-order valence-corrected chi connectivity index (χ2v) is 5.69. The van der Waals surface area contributed by atoms with E-state index in [1.165, 1.54) is 16.1 Å². The fraction of sp³-hybridized carbons (Fsp3) is 0.200. The molecule has 8 heteroatoms. The number of ether oxygens (including phenoxy) is 1. The lowest BCUT2D eigenvalue weighted by Gasteiger charge is -2.05. The predicted octanol–water partition coefficient (Wildman–Crippen LogP) is 1.73. The first-order chi connectivity index (χ1) is 11.2. The zero-order valence-corrected chi connectivity index (χ0v) is 13.3. The third-order valence-electron chi connectivity index (χ3n) is 3.13. The van der Waals surface area contributed by atoms with Gasteiger partial charge in [0.25, 0.3) is 0 Å². The first-order valence-corrected chi connectivity index (χ1v) is 7.84. The lowest BCUT2D eigenvalue weighted by Crippen LogP contribution is -2.28. The second-order valence-electron chi connectivity index (χ2n) is 4.75. The Labute approximate surface area is 136 Å². The molecule has 0 saturated heterocycles. The maximum absolute atomic E-state index is 11.9. The first-order valence-electron chi connectivity index (χ1n) is 6.96. The van der Waals surface area contributed by atoms with Crippen LogP contribution < -0.4 is 10.1 Å². The first kappa shape index (κ1) is 15.2. The molecule has 1 N–H and O–H groups in total. The Bertz CT molecular complexity index is 768. The van der Waals surface area contributed by atoms with Crippen LogP contribution in [0.5, 0.6) is 5.75 Å². The molecule has 0 fully saturated rings. The lowest BCUT2D eigenvalue weighted by atomic mass is 10.2. The van der Waals surface area contributed by atoms with Gasteiger partial charge in [0, 0.05) is 6.54 Å². The highest BCUT2D eigenvalue weighted by Gasteiger charge is 2.09. The van der Waals surface area contributed by atoms with Gasteiger partial charge in [0.2, 0.25) is 11.7 Å². The molecular formula is C15H15N5O2S. The molecule has 7 nitrogen and oxygen atoms in total. The normalized spacial score (nSPS) is 10.5. The minimum atomic E-state index is -0.170. The maximum Gasteiger partial charge on any atom is 0.243 e. The number of nitrogens with zero attached hydrogens (tertiary/aromatic N) is 4. The smallest absolute Gasteiger partial charge is 0.243 e. The van der Waals surface area contributed by atoms with Crippen molar-refractivity contribution in [2.75, 3.05) is 7.11 Å². The number of nitrogens with one attached hydrogen (secondary N) is 1. The summed E-state index contributed by atoms with van der Waals surface area (Å²) in [6.45, 7) is 0.476. The highest BCUT2D eigenvalue weighted by Crippen LogP contribution is 2.19. The van der Waals surface area contributed by atoms with Gasteiger partial charge in [0.05, 0.1) is 12.0 Å². The van der Waals surface area contributed by atoms with Crippen molar-refractivity contribution < 1.29 is 9.53 Å². The Morgan fingerprint density at radius 1 is 1.30 bits per heavy atom. The topological polar surface area (TPSA) is 81.9 Å². The molecular weight excluding hydrogens is 314 g/mol. The zero-order valence-electron chi connectivity index (χ0n) is 12.5. The van der Waals surface area contributed by atoms with Gasteiger partial charge in [-0.2, -0.15) is 4.80 Å². The van der Waals surface area contributed by atoms with Crippen LogP contribution in [0, 0.1) is 0 Å². The fourth-order valence-corrected chi connectivity index (χ4v) is 2.59. The van der Waals surface area contributed by atoms with Crippen LogP contribution in [0.15, 0.2) is 41.8 Å². The third kappa shape index (κ3) is 3.92. The Morgan fingerprint density at radius 2 is 2.13 bits per heavy atom. The summed E-state index contributed by atoms with van der Waals surface area (Å²) < 4.78 is 5.09. The fourth-order valence-electron chi connectivity index (χ4n) is 1.94. The summed E-state index contributed by atoms with van der Waals surface area (Å²) in [5.74, 6) is 1.15. The van der Waals surface area contributed by atoms with Gasteiger partial charge in [0.1, 0.15) is 12.3 Å². The van der Waals surface area contributed by atoms with E-state index >= 15 is 0 Å². The Kier molecular flexibility index (Phi) is 4.62. The average molecular weight is 329 g/mol. The van der Waals surface area contributed by atoms with E-state index in [-0.39, 0.29) is 12.5 Å². The highest BCUT2D eigenvalue weighted by atomic mass is 32.1. The molecule has 1 aromatic carbocycles. The number of methoxy groups -OCH3 is 1. The van der Waals surface area contributed by atoms with Crippen molar-refractivity contribution in [3.8, 4) is 16.5 Å². The van der Waals surface area contributed by atoms with Crippen LogP contribution in [0.25, 0.3) is 10.7 Å². The summed E-state index contributed by atoms with van der Waals surface area (Å²) in [5.41, 5.74) is 0.991. The molecule has 23 heavy (non-hydrogen) atoms. The van der Waals surface area contributed by atoms with E-state index in [2.05, 4.69) is 20.7 Å². The summed E-state index contributed by atoms with van der Waals surface area (Å²) in [5, 5.41) is 16.8. The molecule has 118 valence electrons.